The van der Waals surface area contributed by atoms with Crippen molar-refractivity contribution in [2.45, 2.75) is 45.8 Å². The van der Waals surface area contributed by atoms with Gasteiger partial charge in [0, 0.05) is 30.4 Å². The zero-order valence-electron chi connectivity index (χ0n) is 15.4. The molecule has 1 unspecified atom stereocenters. The van der Waals surface area contributed by atoms with E-state index in [2.05, 4.69) is 52.6 Å². The Morgan fingerprint density at radius 1 is 1.16 bits per heavy atom. The van der Waals surface area contributed by atoms with Crippen molar-refractivity contribution in [2.75, 3.05) is 26.2 Å². The number of likely N-dealkylation sites (tertiary alicyclic amines) is 1. The van der Waals surface area contributed by atoms with Crippen molar-refractivity contribution in [3.05, 3.63) is 52.8 Å². The molecule has 5 heteroatoms. The zero-order valence-corrected chi connectivity index (χ0v) is 15.4. The van der Waals surface area contributed by atoms with Crippen molar-refractivity contribution >= 4 is 0 Å². The molecule has 1 aromatic carbocycles. The summed E-state index contributed by atoms with van der Waals surface area (Å²) in [4.78, 5) is 2.59. The molecule has 1 aliphatic rings. The van der Waals surface area contributed by atoms with Gasteiger partial charge in [0.1, 0.15) is 0 Å². The van der Waals surface area contributed by atoms with E-state index in [9.17, 15) is 0 Å². The lowest BCUT2D eigenvalue weighted by molar-refractivity contribution is 0.238. The van der Waals surface area contributed by atoms with Crippen LogP contribution in [-0.2, 0) is 13.1 Å². The standard InChI is InChI=1S/C20H30N4O/c1-16-19(17(2)24(22-16)12-13-25)14-21-15-20(23-10-6-7-11-23)18-8-4-3-5-9-18/h3-5,8-9,20-21,25H,6-7,10-15H2,1-2H3. The Hall–Kier alpha value is -1.69. The Labute approximate surface area is 150 Å². The van der Waals surface area contributed by atoms with Gasteiger partial charge in [-0.2, -0.15) is 5.10 Å². The molecule has 1 aliphatic heterocycles. The number of aromatic nitrogens is 2. The Morgan fingerprint density at radius 3 is 2.56 bits per heavy atom. The van der Waals surface area contributed by atoms with Gasteiger partial charge in [0.15, 0.2) is 0 Å². The normalized spacial score (nSPS) is 16.4. The fraction of sp³-hybridized carbons (Fsp3) is 0.550. The van der Waals surface area contributed by atoms with Crippen LogP contribution < -0.4 is 5.32 Å². The predicted octanol–water partition coefficient (Wildman–Crippen LogP) is 2.42. The molecule has 1 atom stereocenters. The molecule has 0 spiro atoms. The quantitative estimate of drug-likeness (QED) is 0.774. The summed E-state index contributed by atoms with van der Waals surface area (Å²) in [5.74, 6) is 0. The third-order valence-corrected chi connectivity index (χ3v) is 5.25. The second-order valence-electron chi connectivity index (χ2n) is 6.90. The van der Waals surface area contributed by atoms with Crippen molar-refractivity contribution in [3.63, 3.8) is 0 Å². The number of nitrogens with zero attached hydrogens (tertiary/aromatic N) is 3. The van der Waals surface area contributed by atoms with Gasteiger partial charge in [-0.3, -0.25) is 9.58 Å². The number of aryl methyl sites for hydroxylation is 1. The van der Waals surface area contributed by atoms with E-state index >= 15 is 0 Å². The summed E-state index contributed by atoms with van der Waals surface area (Å²) in [5.41, 5.74) is 4.84. The SMILES string of the molecule is Cc1nn(CCO)c(C)c1CNCC(c1ccccc1)N1CCCC1. The molecule has 1 fully saturated rings. The number of hydrogen-bond donors (Lipinski definition) is 2. The fourth-order valence-corrected chi connectivity index (χ4v) is 3.82. The largest absolute Gasteiger partial charge is 0.394 e. The number of aliphatic hydroxyl groups is 1. The van der Waals surface area contributed by atoms with E-state index in [0.29, 0.717) is 12.6 Å². The van der Waals surface area contributed by atoms with Crippen LogP contribution in [0.2, 0.25) is 0 Å². The van der Waals surface area contributed by atoms with Gasteiger partial charge in [-0.15, -0.1) is 0 Å². The Bertz CT molecular complexity index is 662. The van der Waals surface area contributed by atoms with Crippen molar-refractivity contribution in [1.29, 1.82) is 0 Å². The summed E-state index contributed by atoms with van der Waals surface area (Å²) in [5, 5.41) is 17.4. The van der Waals surface area contributed by atoms with Crippen LogP contribution in [0.3, 0.4) is 0 Å². The zero-order chi connectivity index (χ0) is 17.6. The minimum absolute atomic E-state index is 0.125. The van der Waals surface area contributed by atoms with Gasteiger partial charge in [-0.25, -0.2) is 0 Å². The van der Waals surface area contributed by atoms with Crippen LogP contribution in [0.4, 0.5) is 0 Å². The van der Waals surface area contributed by atoms with Crippen molar-refractivity contribution in [1.82, 2.24) is 20.0 Å². The minimum atomic E-state index is 0.125. The molecule has 1 aromatic heterocycles. The molecule has 2 heterocycles. The average molecular weight is 342 g/mol. The third-order valence-electron chi connectivity index (χ3n) is 5.25. The smallest absolute Gasteiger partial charge is 0.0644 e. The number of benzene rings is 1. The maximum Gasteiger partial charge on any atom is 0.0644 e. The topological polar surface area (TPSA) is 53.3 Å². The second kappa shape index (κ2) is 8.61. The molecule has 0 saturated carbocycles. The molecule has 25 heavy (non-hydrogen) atoms. The van der Waals surface area contributed by atoms with Gasteiger partial charge in [-0.1, -0.05) is 30.3 Å². The maximum atomic E-state index is 9.16. The first-order valence-electron chi connectivity index (χ1n) is 9.34. The van der Waals surface area contributed by atoms with Crippen LogP contribution in [0.25, 0.3) is 0 Å². The number of rotatable bonds is 8. The number of nitrogens with one attached hydrogen (secondary N) is 1. The van der Waals surface area contributed by atoms with E-state index in [1.54, 1.807) is 0 Å². The first-order chi connectivity index (χ1) is 12.2. The average Bonchev–Trinajstić information content (AvgIpc) is 3.24. The Morgan fingerprint density at radius 2 is 1.88 bits per heavy atom. The van der Waals surface area contributed by atoms with E-state index in [1.807, 2.05) is 11.6 Å². The predicted molar refractivity (Wildman–Crippen MR) is 100 cm³/mol. The molecule has 2 aromatic rings. The highest BCUT2D eigenvalue weighted by Crippen LogP contribution is 2.24. The van der Waals surface area contributed by atoms with Crippen LogP contribution in [0, 0.1) is 13.8 Å². The molecule has 2 N–H and O–H groups in total. The van der Waals surface area contributed by atoms with Gasteiger partial charge in [-0.05, 0) is 45.3 Å². The maximum absolute atomic E-state index is 9.16. The minimum Gasteiger partial charge on any atom is -0.394 e. The van der Waals surface area contributed by atoms with Gasteiger partial charge in [0.05, 0.1) is 18.8 Å². The van der Waals surface area contributed by atoms with Gasteiger partial charge in [0.25, 0.3) is 0 Å². The van der Waals surface area contributed by atoms with Crippen LogP contribution in [-0.4, -0.2) is 46.0 Å². The van der Waals surface area contributed by atoms with Crippen LogP contribution in [0.15, 0.2) is 30.3 Å². The van der Waals surface area contributed by atoms with E-state index in [-0.39, 0.29) is 6.61 Å². The van der Waals surface area contributed by atoms with Crippen LogP contribution in [0.5, 0.6) is 0 Å². The first kappa shape index (κ1) is 18.1. The number of hydrogen-bond acceptors (Lipinski definition) is 4. The van der Waals surface area contributed by atoms with E-state index < -0.39 is 0 Å². The molecule has 0 bridgehead atoms. The molecule has 136 valence electrons. The number of aliphatic hydroxyl groups excluding tert-OH is 1. The highest BCUT2D eigenvalue weighted by molar-refractivity contribution is 5.25. The van der Waals surface area contributed by atoms with Gasteiger partial charge < -0.3 is 10.4 Å². The molecule has 0 amide bonds. The van der Waals surface area contributed by atoms with E-state index in [1.165, 1.54) is 37.1 Å². The van der Waals surface area contributed by atoms with Crippen molar-refractivity contribution < 1.29 is 5.11 Å². The fourth-order valence-electron chi connectivity index (χ4n) is 3.82. The molecular weight excluding hydrogens is 312 g/mol. The monoisotopic (exact) mass is 342 g/mol. The third kappa shape index (κ3) is 4.29. The molecule has 0 radical (unpaired) electrons. The highest BCUT2D eigenvalue weighted by atomic mass is 16.3. The van der Waals surface area contributed by atoms with Crippen LogP contribution >= 0.6 is 0 Å². The summed E-state index contributed by atoms with van der Waals surface area (Å²) >= 11 is 0. The summed E-state index contributed by atoms with van der Waals surface area (Å²) in [6.45, 7) is 8.96. The van der Waals surface area contributed by atoms with E-state index in [4.69, 9.17) is 5.11 Å². The highest BCUT2D eigenvalue weighted by Gasteiger charge is 2.23. The molecule has 5 nitrogen and oxygen atoms in total. The second-order valence-corrected chi connectivity index (χ2v) is 6.90. The lowest BCUT2D eigenvalue weighted by Crippen LogP contribution is -2.34. The van der Waals surface area contributed by atoms with Crippen LogP contribution in [0.1, 0.15) is 41.4 Å². The molecule has 0 aliphatic carbocycles. The molecule has 1 saturated heterocycles. The summed E-state index contributed by atoms with van der Waals surface area (Å²) in [6, 6.07) is 11.2. The van der Waals surface area contributed by atoms with E-state index in [0.717, 1.165) is 24.5 Å². The van der Waals surface area contributed by atoms with Crippen molar-refractivity contribution in [3.8, 4) is 0 Å². The Kier molecular flexibility index (Phi) is 6.24. The summed E-state index contributed by atoms with van der Waals surface area (Å²) in [7, 11) is 0. The molecule has 3 rings (SSSR count). The van der Waals surface area contributed by atoms with Gasteiger partial charge in [0.2, 0.25) is 0 Å². The summed E-state index contributed by atoms with van der Waals surface area (Å²) in [6.07, 6.45) is 2.60. The lowest BCUT2D eigenvalue weighted by atomic mass is 10.1. The summed E-state index contributed by atoms with van der Waals surface area (Å²) < 4.78 is 1.90. The van der Waals surface area contributed by atoms with Crippen molar-refractivity contribution in [2.24, 2.45) is 0 Å². The Balaban J connectivity index is 1.66. The first-order valence-corrected chi connectivity index (χ1v) is 9.34. The lowest BCUT2D eigenvalue weighted by Gasteiger charge is -2.28. The van der Waals surface area contributed by atoms with Gasteiger partial charge >= 0.3 is 0 Å². The molecular formula is C20H30N4O.